The van der Waals surface area contributed by atoms with Gasteiger partial charge in [0, 0.05) is 4.88 Å². The van der Waals surface area contributed by atoms with Crippen molar-refractivity contribution in [3.05, 3.63) is 57.4 Å². The van der Waals surface area contributed by atoms with E-state index >= 15 is 0 Å². The van der Waals surface area contributed by atoms with Gasteiger partial charge < -0.3 is 10.1 Å². The summed E-state index contributed by atoms with van der Waals surface area (Å²) in [7, 11) is 0. The molecule has 0 aliphatic carbocycles. The molecular weight excluding hydrogens is 286 g/mol. The van der Waals surface area contributed by atoms with Crippen LogP contribution in [0.1, 0.15) is 21.5 Å². The first kappa shape index (κ1) is 13.6. The third kappa shape index (κ3) is 2.36. The summed E-state index contributed by atoms with van der Waals surface area (Å²) in [6.07, 6.45) is 0. The molecule has 4 nitrogen and oxygen atoms in total. The fourth-order valence-electron chi connectivity index (χ4n) is 2.19. The van der Waals surface area contributed by atoms with Gasteiger partial charge in [-0.3, -0.25) is 4.79 Å². The van der Waals surface area contributed by atoms with E-state index in [1.807, 2.05) is 12.1 Å². The van der Waals surface area contributed by atoms with Gasteiger partial charge in [-0.15, -0.1) is 11.3 Å². The number of carboxylic acid groups (broad SMARTS) is 1. The van der Waals surface area contributed by atoms with E-state index in [-0.39, 0.29) is 5.56 Å². The minimum absolute atomic E-state index is 0.226. The van der Waals surface area contributed by atoms with Gasteiger partial charge in [0.15, 0.2) is 0 Å². The number of pyridine rings is 1. The van der Waals surface area contributed by atoms with Crippen LogP contribution in [-0.4, -0.2) is 16.1 Å². The Morgan fingerprint density at radius 1 is 1.14 bits per heavy atom. The van der Waals surface area contributed by atoms with Crippen LogP contribution in [0.5, 0.6) is 0 Å². The summed E-state index contributed by atoms with van der Waals surface area (Å²) in [6, 6.07) is 9.50. The summed E-state index contributed by atoms with van der Waals surface area (Å²) in [6.45, 7) is 4.11. The monoisotopic (exact) mass is 299 g/mol. The first-order valence-corrected chi connectivity index (χ1v) is 7.25. The van der Waals surface area contributed by atoms with E-state index < -0.39 is 11.5 Å². The fraction of sp³-hybridized carbons (Fsp3) is 0.125. The van der Waals surface area contributed by atoms with Gasteiger partial charge in [0.05, 0.1) is 10.2 Å². The maximum Gasteiger partial charge on any atom is 0.341 e. The van der Waals surface area contributed by atoms with Crippen molar-refractivity contribution in [2.24, 2.45) is 0 Å². The van der Waals surface area contributed by atoms with Gasteiger partial charge in [0.25, 0.3) is 5.56 Å². The lowest BCUT2D eigenvalue weighted by atomic mass is 10.1. The van der Waals surface area contributed by atoms with Crippen LogP contribution in [0.4, 0.5) is 0 Å². The van der Waals surface area contributed by atoms with Crippen LogP contribution >= 0.6 is 11.3 Å². The van der Waals surface area contributed by atoms with E-state index in [1.54, 1.807) is 0 Å². The van der Waals surface area contributed by atoms with E-state index in [4.69, 9.17) is 5.11 Å². The van der Waals surface area contributed by atoms with E-state index in [1.165, 1.54) is 28.5 Å². The Morgan fingerprint density at radius 3 is 2.57 bits per heavy atom. The van der Waals surface area contributed by atoms with Crippen molar-refractivity contribution in [1.29, 1.82) is 0 Å². The summed E-state index contributed by atoms with van der Waals surface area (Å²) in [5.74, 6) is -1.21. The van der Waals surface area contributed by atoms with Gasteiger partial charge in [0.1, 0.15) is 5.56 Å². The number of thiophene rings is 1. The number of rotatable bonds is 2. The number of H-pyrrole nitrogens is 1. The van der Waals surface area contributed by atoms with Crippen LogP contribution in [0, 0.1) is 13.8 Å². The molecule has 5 heteroatoms. The van der Waals surface area contributed by atoms with Crippen molar-refractivity contribution >= 4 is 27.5 Å². The Morgan fingerprint density at radius 2 is 1.90 bits per heavy atom. The highest BCUT2D eigenvalue weighted by Gasteiger charge is 2.13. The summed E-state index contributed by atoms with van der Waals surface area (Å²) < 4.78 is 0.764. The molecule has 0 fully saturated rings. The highest BCUT2D eigenvalue weighted by Crippen LogP contribution is 2.33. The van der Waals surface area contributed by atoms with Crippen molar-refractivity contribution < 1.29 is 9.90 Å². The second kappa shape index (κ2) is 4.86. The summed E-state index contributed by atoms with van der Waals surface area (Å²) >= 11 is 1.47. The molecule has 0 bridgehead atoms. The zero-order valence-corrected chi connectivity index (χ0v) is 12.4. The third-order valence-corrected chi connectivity index (χ3v) is 4.68. The van der Waals surface area contributed by atoms with Crippen LogP contribution in [0.25, 0.3) is 20.7 Å². The molecule has 1 aromatic carbocycles. The lowest BCUT2D eigenvalue weighted by Crippen LogP contribution is -2.16. The van der Waals surface area contributed by atoms with Crippen molar-refractivity contribution in [3.63, 3.8) is 0 Å². The van der Waals surface area contributed by atoms with E-state index in [0.717, 1.165) is 15.1 Å². The molecule has 0 aliphatic rings. The van der Waals surface area contributed by atoms with Crippen LogP contribution in [0.15, 0.2) is 35.1 Å². The van der Waals surface area contributed by atoms with Crippen molar-refractivity contribution in [1.82, 2.24) is 4.98 Å². The molecule has 2 N–H and O–H groups in total. The maximum absolute atomic E-state index is 11.7. The molecule has 0 amide bonds. The molecule has 3 rings (SSSR count). The molecule has 0 spiro atoms. The van der Waals surface area contributed by atoms with Crippen LogP contribution in [0.2, 0.25) is 0 Å². The quantitative estimate of drug-likeness (QED) is 0.760. The van der Waals surface area contributed by atoms with Crippen LogP contribution in [-0.2, 0) is 0 Å². The van der Waals surface area contributed by atoms with Gasteiger partial charge in [-0.25, -0.2) is 4.79 Å². The van der Waals surface area contributed by atoms with E-state index in [0.29, 0.717) is 5.52 Å². The molecule has 21 heavy (non-hydrogen) atoms. The Bertz CT molecular complexity index is 921. The zero-order valence-electron chi connectivity index (χ0n) is 11.6. The standard InChI is InChI=1S/C16H13NO3S/c1-8-3-4-10(5-9(8)2)13-7-12-14(21-13)6-11(16(19)20)15(18)17-12/h3-7H,1-2H3,(H,17,18)(H,19,20). The predicted octanol–water partition coefficient (Wildman–Crippen LogP) is 3.57. The number of nitrogens with one attached hydrogen (secondary N) is 1. The number of aromatic carboxylic acids is 1. The Labute approximate surface area is 124 Å². The minimum atomic E-state index is -1.21. The molecule has 0 atom stereocenters. The highest BCUT2D eigenvalue weighted by molar-refractivity contribution is 7.22. The first-order chi connectivity index (χ1) is 9.95. The maximum atomic E-state index is 11.7. The molecule has 2 heterocycles. The second-order valence-corrected chi connectivity index (χ2v) is 6.09. The Hall–Kier alpha value is -2.40. The Kier molecular flexibility index (Phi) is 3.14. The SMILES string of the molecule is Cc1ccc(-c2cc3[nH]c(=O)c(C(=O)O)cc3s2)cc1C. The second-order valence-electron chi connectivity index (χ2n) is 5.00. The lowest BCUT2D eigenvalue weighted by Gasteiger charge is -2.02. The summed E-state index contributed by atoms with van der Waals surface area (Å²) in [4.78, 5) is 26.3. The van der Waals surface area contributed by atoms with E-state index in [9.17, 15) is 9.59 Å². The van der Waals surface area contributed by atoms with E-state index in [2.05, 4.69) is 31.0 Å². The number of benzene rings is 1. The first-order valence-electron chi connectivity index (χ1n) is 6.43. The molecule has 0 unspecified atom stereocenters. The van der Waals surface area contributed by atoms with Gasteiger partial charge in [-0.1, -0.05) is 18.2 Å². The number of aryl methyl sites for hydroxylation is 2. The Balaban J connectivity index is 2.19. The molecular formula is C16H13NO3S. The lowest BCUT2D eigenvalue weighted by molar-refractivity contribution is 0.0695. The molecule has 106 valence electrons. The smallest absolute Gasteiger partial charge is 0.341 e. The molecule has 0 radical (unpaired) electrons. The predicted molar refractivity (Wildman–Crippen MR) is 84.3 cm³/mol. The fourth-order valence-corrected chi connectivity index (χ4v) is 3.25. The molecule has 0 saturated heterocycles. The number of fused-ring (bicyclic) bond motifs is 1. The van der Waals surface area contributed by atoms with Gasteiger partial charge in [-0.05, 0) is 42.7 Å². The van der Waals surface area contributed by atoms with Crippen molar-refractivity contribution in [2.45, 2.75) is 13.8 Å². The number of aromatic amines is 1. The largest absolute Gasteiger partial charge is 0.477 e. The van der Waals surface area contributed by atoms with Gasteiger partial charge in [-0.2, -0.15) is 0 Å². The molecule has 0 saturated carbocycles. The number of hydrogen-bond acceptors (Lipinski definition) is 3. The zero-order chi connectivity index (χ0) is 15.1. The summed E-state index contributed by atoms with van der Waals surface area (Å²) in [5.41, 5.74) is 3.36. The molecule has 2 aromatic heterocycles. The topological polar surface area (TPSA) is 70.2 Å². The van der Waals surface area contributed by atoms with Crippen molar-refractivity contribution in [2.75, 3.05) is 0 Å². The van der Waals surface area contributed by atoms with Crippen LogP contribution < -0.4 is 5.56 Å². The number of hydrogen-bond donors (Lipinski definition) is 2. The normalized spacial score (nSPS) is 11.0. The minimum Gasteiger partial charge on any atom is -0.477 e. The van der Waals surface area contributed by atoms with Crippen LogP contribution in [0.3, 0.4) is 0 Å². The average molecular weight is 299 g/mol. The molecule has 3 aromatic rings. The number of aromatic nitrogens is 1. The third-order valence-electron chi connectivity index (χ3n) is 3.55. The van der Waals surface area contributed by atoms with Gasteiger partial charge in [0.2, 0.25) is 0 Å². The number of carbonyl (C=O) groups is 1. The number of carboxylic acids is 1. The highest BCUT2D eigenvalue weighted by atomic mass is 32.1. The van der Waals surface area contributed by atoms with Crippen molar-refractivity contribution in [3.8, 4) is 10.4 Å². The average Bonchev–Trinajstić information content (AvgIpc) is 2.83. The summed E-state index contributed by atoms with van der Waals surface area (Å²) in [5, 5.41) is 9.00. The molecule has 0 aliphatic heterocycles. The van der Waals surface area contributed by atoms with Gasteiger partial charge >= 0.3 is 5.97 Å².